The zero-order valence-corrected chi connectivity index (χ0v) is 10.1. The summed E-state index contributed by atoms with van der Waals surface area (Å²) < 4.78 is 5.47. The summed E-state index contributed by atoms with van der Waals surface area (Å²) in [5, 5.41) is 0. The van der Waals surface area contributed by atoms with Gasteiger partial charge >= 0.3 is 0 Å². The molecule has 2 unspecified atom stereocenters. The third-order valence-electron chi connectivity index (χ3n) is 2.14. The average Bonchev–Trinajstić information content (AvgIpc) is 2.03. The van der Waals surface area contributed by atoms with Crippen LogP contribution in [0.5, 0.6) is 0 Å². The van der Waals surface area contributed by atoms with Crippen LogP contribution in [0.25, 0.3) is 0 Å². The second-order valence-electron chi connectivity index (χ2n) is 3.41. The van der Waals surface area contributed by atoms with Crippen LogP contribution in [0.2, 0.25) is 0 Å². The van der Waals surface area contributed by atoms with Gasteiger partial charge in [-0.2, -0.15) is 0 Å². The Balaban J connectivity index is 3.08. The van der Waals surface area contributed by atoms with E-state index in [2.05, 4.69) is 36.7 Å². The molecule has 0 rings (SSSR count). The zero-order chi connectivity index (χ0) is 9.40. The molecule has 0 fully saturated rings. The summed E-state index contributed by atoms with van der Waals surface area (Å²) in [7, 11) is 0. The Morgan fingerprint density at radius 3 is 2.42 bits per heavy atom. The van der Waals surface area contributed by atoms with Crippen LogP contribution in [-0.2, 0) is 4.74 Å². The van der Waals surface area contributed by atoms with Gasteiger partial charge in [0, 0.05) is 18.0 Å². The highest BCUT2D eigenvalue weighted by molar-refractivity contribution is 9.09. The van der Waals surface area contributed by atoms with E-state index >= 15 is 0 Å². The molecular weight excluding hydrogens is 216 g/mol. The van der Waals surface area contributed by atoms with E-state index in [1.807, 2.05) is 0 Å². The molecule has 2 heteroatoms. The van der Waals surface area contributed by atoms with E-state index in [-0.39, 0.29) is 0 Å². The summed E-state index contributed by atoms with van der Waals surface area (Å²) in [6, 6.07) is 0. The summed E-state index contributed by atoms with van der Waals surface area (Å²) in [6.45, 7) is 8.48. The minimum Gasteiger partial charge on any atom is -0.381 e. The maximum absolute atomic E-state index is 5.47. The lowest BCUT2D eigenvalue weighted by Crippen LogP contribution is -2.10. The van der Waals surface area contributed by atoms with Crippen LogP contribution in [0, 0.1) is 5.92 Å². The van der Waals surface area contributed by atoms with Crippen molar-refractivity contribution in [1.82, 2.24) is 0 Å². The molecule has 12 heavy (non-hydrogen) atoms. The van der Waals surface area contributed by atoms with E-state index in [4.69, 9.17) is 4.74 Å². The molecule has 0 saturated carbocycles. The number of alkyl halides is 1. The van der Waals surface area contributed by atoms with Crippen LogP contribution in [0.3, 0.4) is 0 Å². The lowest BCUT2D eigenvalue weighted by Gasteiger charge is -2.13. The van der Waals surface area contributed by atoms with Gasteiger partial charge in [0.1, 0.15) is 0 Å². The fraction of sp³-hybridized carbons (Fsp3) is 1.00. The van der Waals surface area contributed by atoms with Crippen molar-refractivity contribution in [3.8, 4) is 0 Å². The van der Waals surface area contributed by atoms with Crippen LogP contribution < -0.4 is 0 Å². The van der Waals surface area contributed by atoms with Crippen molar-refractivity contribution in [3.05, 3.63) is 0 Å². The minimum absolute atomic E-state index is 0.604. The highest BCUT2D eigenvalue weighted by Crippen LogP contribution is 2.15. The average molecular weight is 237 g/mol. The maximum atomic E-state index is 5.47. The molecule has 0 amide bonds. The fourth-order valence-electron chi connectivity index (χ4n) is 0.847. The summed E-state index contributed by atoms with van der Waals surface area (Å²) in [5.41, 5.74) is 0. The monoisotopic (exact) mass is 236 g/mol. The number of hydrogen-bond acceptors (Lipinski definition) is 1. The molecule has 0 aromatic heterocycles. The summed E-state index contributed by atoms with van der Waals surface area (Å²) in [5.74, 6) is 0.714. The lowest BCUT2D eigenvalue weighted by molar-refractivity contribution is 0.119. The van der Waals surface area contributed by atoms with E-state index in [0.29, 0.717) is 10.7 Å². The molecule has 0 bridgehead atoms. The van der Waals surface area contributed by atoms with Gasteiger partial charge in [0.25, 0.3) is 0 Å². The van der Waals surface area contributed by atoms with Gasteiger partial charge in [-0.15, -0.1) is 0 Å². The first-order valence-electron chi connectivity index (χ1n) is 4.90. The van der Waals surface area contributed by atoms with Crippen molar-refractivity contribution in [3.63, 3.8) is 0 Å². The standard InChI is InChI=1S/C10H21BrO/c1-4-5-7-12-8-6-9(2)10(3)11/h9-10H,4-8H2,1-3H3. The first-order valence-corrected chi connectivity index (χ1v) is 5.81. The van der Waals surface area contributed by atoms with E-state index in [9.17, 15) is 0 Å². The molecule has 1 nitrogen and oxygen atoms in total. The van der Waals surface area contributed by atoms with Gasteiger partial charge in [-0.3, -0.25) is 0 Å². The summed E-state index contributed by atoms with van der Waals surface area (Å²) >= 11 is 3.57. The van der Waals surface area contributed by atoms with Gasteiger partial charge in [0.05, 0.1) is 0 Å². The van der Waals surface area contributed by atoms with E-state index in [0.717, 1.165) is 19.6 Å². The first kappa shape index (κ1) is 12.4. The van der Waals surface area contributed by atoms with Gasteiger partial charge < -0.3 is 4.74 Å². The smallest absolute Gasteiger partial charge is 0.0468 e. The molecule has 0 saturated heterocycles. The lowest BCUT2D eigenvalue weighted by atomic mass is 10.1. The Labute approximate surface area is 85.0 Å². The highest BCUT2D eigenvalue weighted by Gasteiger charge is 2.07. The highest BCUT2D eigenvalue weighted by atomic mass is 79.9. The van der Waals surface area contributed by atoms with E-state index in [1.54, 1.807) is 0 Å². The molecule has 0 N–H and O–H groups in total. The van der Waals surface area contributed by atoms with Crippen LogP contribution in [0.1, 0.15) is 40.0 Å². The largest absolute Gasteiger partial charge is 0.381 e. The van der Waals surface area contributed by atoms with Crippen LogP contribution in [0.15, 0.2) is 0 Å². The molecule has 0 aliphatic carbocycles. The van der Waals surface area contributed by atoms with Crippen molar-refractivity contribution in [2.24, 2.45) is 5.92 Å². The van der Waals surface area contributed by atoms with Crippen LogP contribution in [0.4, 0.5) is 0 Å². The van der Waals surface area contributed by atoms with Crippen molar-refractivity contribution >= 4 is 15.9 Å². The predicted molar refractivity (Wildman–Crippen MR) is 57.9 cm³/mol. The Hall–Kier alpha value is 0.440. The molecular formula is C10H21BrO. The molecule has 0 aromatic rings. The maximum Gasteiger partial charge on any atom is 0.0468 e. The van der Waals surface area contributed by atoms with E-state index in [1.165, 1.54) is 12.8 Å². The Morgan fingerprint density at radius 2 is 1.92 bits per heavy atom. The molecule has 0 aliphatic heterocycles. The second kappa shape index (κ2) is 8.06. The van der Waals surface area contributed by atoms with Crippen molar-refractivity contribution in [2.45, 2.75) is 44.9 Å². The Bertz CT molecular complexity index is 93.8. The zero-order valence-electron chi connectivity index (χ0n) is 8.48. The molecule has 0 heterocycles. The third-order valence-corrected chi connectivity index (χ3v) is 3.05. The SMILES string of the molecule is CCCCOCCC(C)C(C)Br. The topological polar surface area (TPSA) is 9.23 Å². The second-order valence-corrected chi connectivity index (χ2v) is 4.85. The van der Waals surface area contributed by atoms with Crippen molar-refractivity contribution < 1.29 is 4.74 Å². The number of rotatable bonds is 7. The number of ether oxygens (including phenoxy) is 1. The van der Waals surface area contributed by atoms with Gasteiger partial charge in [-0.1, -0.05) is 43.1 Å². The quantitative estimate of drug-likeness (QED) is 0.485. The van der Waals surface area contributed by atoms with Gasteiger partial charge in [0.15, 0.2) is 0 Å². The van der Waals surface area contributed by atoms with Crippen LogP contribution >= 0.6 is 15.9 Å². The molecule has 0 radical (unpaired) electrons. The number of halogens is 1. The first-order chi connectivity index (χ1) is 5.68. The summed E-state index contributed by atoms with van der Waals surface area (Å²) in [6.07, 6.45) is 3.58. The van der Waals surface area contributed by atoms with Crippen molar-refractivity contribution in [2.75, 3.05) is 13.2 Å². The van der Waals surface area contributed by atoms with Crippen LogP contribution in [-0.4, -0.2) is 18.0 Å². The van der Waals surface area contributed by atoms with Gasteiger partial charge in [0.2, 0.25) is 0 Å². The number of hydrogen-bond donors (Lipinski definition) is 0. The Morgan fingerprint density at radius 1 is 1.25 bits per heavy atom. The number of unbranched alkanes of at least 4 members (excludes halogenated alkanes) is 1. The fourth-order valence-corrected chi connectivity index (χ4v) is 1.11. The molecule has 2 atom stereocenters. The van der Waals surface area contributed by atoms with Gasteiger partial charge in [-0.25, -0.2) is 0 Å². The van der Waals surface area contributed by atoms with E-state index < -0.39 is 0 Å². The third kappa shape index (κ3) is 7.11. The Kier molecular flexibility index (Phi) is 8.35. The molecule has 0 aliphatic rings. The minimum atomic E-state index is 0.604. The molecule has 0 spiro atoms. The predicted octanol–water partition coefficient (Wildman–Crippen LogP) is 3.61. The van der Waals surface area contributed by atoms with Crippen molar-refractivity contribution in [1.29, 1.82) is 0 Å². The molecule has 74 valence electrons. The normalized spacial score (nSPS) is 16.0. The summed E-state index contributed by atoms with van der Waals surface area (Å²) in [4.78, 5) is 0.604. The molecule has 0 aromatic carbocycles. The van der Waals surface area contributed by atoms with Gasteiger partial charge in [-0.05, 0) is 18.8 Å².